The van der Waals surface area contributed by atoms with Gasteiger partial charge in [0.15, 0.2) is 0 Å². The van der Waals surface area contributed by atoms with Crippen molar-refractivity contribution in [1.82, 2.24) is 4.31 Å². The molecule has 0 aliphatic rings. The van der Waals surface area contributed by atoms with Gasteiger partial charge in [-0.15, -0.1) is 0 Å². The van der Waals surface area contributed by atoms with Gasteiger partial charge < -0.3 is 5.11 Å². The van der Waals surface area contributed by atoms with E-state index in [4.69, 9.17) is 0 Å². The minimum atomic E-state index is -3.83. The van der Waals surface area contributed by atoms with E-state index in [9.17, 15) is 18.3 Å². The molecule has 0 aliphatic heterocycles. The van der Waals surface area contributed by atoms with Crippen LogP contribution in [0.25, 0.3) is 0 Å². The van der Waals surface area contributed by atoms with E-state index in [1.165, 1.54) is 0 Å². The molecule has 0 radical (unpaired) electrons. The first-order chi connectivity index (χ1) is 9.51. The van der Waals surface area contributed by atoms with Crippen molar-refractivity contribution >= 4 is 38.7 Å². The molecule has 7 heteroatoms. The van der Waals surface area contributed by atoms with Gasteiger partial charge in [-0.2, -0.15) is 0 Å². The van der Waals surface area contributed by atoms with Gasteiger partial charge in [-0.3, -0.25) is 0 Å². The summed E-state index contributed by atoms with van der Waals surface area (Å²) in [6.07, 6.45) is -1.06. The molecule has 1 aromatic carbocycles. The molecule has 0 atom stereocenters. The van der Waals surface area contributed by atoms with Gasteiger partial charge in [0.05, 0.1) is 5.75 Å². The highest BCUT2D eigenvalue weighted by atomic mass is 127. The molecule has 1 rings (SSSR count). The fourth-order valence-electron chi connectivity index (χ4n) is 1.86. The SMILES string of the molecule is CC(C)(C)CS(=O)(=O)N(CCc1ccc(I)cc1)C(=O)O. The van der Waals surface area contributed by atoms with Crippen LogP contribution in [0.5, 0.6) is 0 Å². The molecule has 1 N–H and O–H groups in total. The number of benzene rings is 1. The zero-order chi connectivity index (χ0) is 16.3. The largest absolute Gasteiger partial charge is 0.464 e. The number of carbonyl (C=O) groups is 1. The van der Waals surface area contributed by atoms with Gasteiger partial charge >= 0.3 is 6.09 Å². The Hall–Kier alpha value is -0.830. The van der Waals surface area contributed by atoms with Crippen LogP contribution in [0.1, 0.15) is 26.3 Å². The average Bonchev–Trinajstić information content (AvgIpc) is 2.27. The number of nitrogens with zero attached hydrogens (tertiary/aromatic N) is 1. The number of carboxylic acid groups (broad SMARTS) is 1. The number of hydrogen-bond acceptors (Lipinski definition) is 3. The standard InChI is InChI=1S/C14H20INO4S/c1-14(2,3)10-21(19,20)16(13(17)18)9-8-11-4-6-12(15)7-5-11/h4-7H,8-10H2,1-3H3,(H,17,18). The third-order valence-corrected chi connectivity index (χ3v) is 5.64. The summed E-state index contributed by atoms with van der Waals surface area (Å²) < 4.78 is 26.0. The minimum absolute atomic E-state index is 0.0612. The summed E-state index contributed by atoms with van der Waals surface area (Å²) in [6, 6.07) is 7.56. The Labute approximate surface area is 139 Å². The van der Waals surface area contributed by atoms with E-state index in [2.05, 4.69) is 22.6 Å². The molecule has 0 saturated carbocycles. The number of halogens is 1. The van der Waals surface area contributed by atoms with Crippen LogP contribution >= 0.6 is 22.6 Å². The highest BCUT2D eigenvalue weighted by molar-refractivity contribution is 14.1. The molecule has 0 fully saturated rings. The molecular weight excluding hydrogens is 405 g/mol. The normalized spacial score (nSPS) is 12.2. The van der Waals surface area contributed by atoms with Crippen LogP contribution in [0.3, 0.4) is 0 Å². The zero-order valence-electron chi connectivity index (χ0n) is 12.3. The monoisotopic (exact) mass is 425 g/mol. The van der Waals surface area contributed by atoms with Crippen molar-refractivity contribution < 1.29 is 18.3 Å². The molecule has 0 saturated heterocycles. The van der Waals surface area contributed by atoms with Crippen LogP contribution in [0, 0.1) is 8.99 Å². The van der Waals surface area contributed by atoms with Crippen molar-refractivity contribution in [2.75, 3.05) is 12.3 Å². The summed E-state index contributed by atoms with van der Waals surface area (Å²) in [6.45, 7) is 5.24. The van der Waals surface area contributed by atoms with E-state index in [0.29, 0.717) is 10.7 Å². The average molecular weight is 425 g/mol. The summed E-state index contributed by atoms with van der Waals surface area (Å²) in [5.41, 5.74) is 0.419. The lowest BCUT2D eigenvalue weighted by atomic mass is 10.0. The van der Waals surface area contributed by atoms with Crippen LogP contribution in [-0.2, 0) is 16.4 Å². The lowest BCUT2D eigenvalue weighted by Gasteiger charge is -2.24. The second-order valence-corrected chi connectivity index (χ2v) is 9.19. The molecule has 21 heavy (non-hydrogen) atoms. The van der Waals surface area contributed by atoms with Crippen LogP contribution in [0.2, 0.25) is 0 Å². The third-order valence-electron chi connectivity index (χ3n) is 2.68. The Morgan fingerprint density at radius 1 is 1.24 bits per heavy atom. The summed E-state index contributed by atoms with van der Waals surface area (Å²) in [5, 5.41) is 9.17. The maximum absolute atomic E-state index is 12.2. The van der Waals surface area contributed by atoms with Crippen molar-refractivity contribution in [1.29, 1.82) is 0 Å². The Balaban J connectivity index is 2.83. The minimum Gasteiger partial charge on any atom is -0.464 e. The molecular formula is C14H20INO4S. The molecule has 0 aliphatic carbocycles. The van der Waals surface area contributed by atoms with Crippen LogP contribution in [0.15, 0.2) is 24.3 Å². The van der Waals surface area contributed by atoms with Gasteiger partial charge in [0, 0.05) is 10.1 Å². The topological polar surface area (TPSA) is 74.7 Å². The number of amides is 1. The van der Waals surface area contributed by atoms with Crippen molar-refractivity contribution in [2.45, 2.75) is 27.2 Å². The zero-order valence-corrected chi connectivity index (χ0v) is 15.3. The van der Waals surface area contributed by atoms with Crippen molar-refractivity contribution in [3.63, 3.8) is 0 Å². The van der Waals surface area contributed by atoms with Gasteiger partial charge in [0.25, 0.3) is 0 Å². The van der Waals surface area contributed by atoms with Crippen molar-refractivity contribution in [3.8, 4) is 0 Å². The molecule has 0 bridgehead atoms. The molecule has 5 nitrogen and oxygen atoms in total. The molecule has 1 aromatic rings. The summed E-state index contributed by atoms with van der Waals surface area (Å²) in [5.74, 6) is -0.195. The fraction of sp³-hybridized carbons (Fsp3) is 0.500. The Morgan fingerprint density at radius 3 is 2.19 bits per heavy atom. The molecule has 0 heterocycles. The molecule has 0 spiro atoms. The fourth-order valence-corrected chi connectivity index (χ4v) is 4.08. The lowest BCUT2D eigenvalue weighted by molar-refractivity contribution is 0.172. The molecule has 0 unspecified atom stereocenters. The second kappa shape index (κ2) is 6.95. The van der Waals surface area contributed by atoms with E-state index >= 15 is 0 Å². The Morgan fingerprint density at radius 2 is 1.76 bits per heavy atom. The quantitative estimate of drug-likeness (QED) is 0.736. The number of rotatable bonds is 5. The van der Waals surface area contributed by atoms with Gasteiger partial charge in [0.2, 0.25) is 10.0 Å². The van der Waals surface area contributed by atoms with Gasteiger partial charge in [-0.1, -0.05) is 32.9 Å². The van der Waals surface area contributed by atoms with Crippen molar-refractivity contribution in [2.24, 2.45) is 5.41 Å². The lowest BCUT2D eigenvalue weighted by Crippen LogP contribution is -2.41. The second-order valence-electron chi connectivity index (χ2n) is 6.05. The summed E-state index contributed by atoms with van der Waals surface area (Å²) >= 11 is 2.18. The predicted octanol–water partition coefficient (Wildman–Crippen LogP) is 3.19. The van der Waals surface area contributed by atoms with E-state index in [1.807, 2.05) is 24.3 Å². The maximum atomic E-state index is 12.2. The Kier molecular flexibility index (Phi) is 6.03. The summed E-state index contributed by atoms with van der Waals surface area (Å²) in [7, 11) is -3.83. The van der Waals surface area contributed by atoms with E-state index in [1.54, 1.807) is 20.8 Å². The van der Waals surface area contributed by atoms with Crippen LogP contribution < -0.4 is 0 Å². The molecule has 0 aromatic heterocycles. The van der Waals surface area contributed by atoms with Crippen molar-refractivity contribution in [3.05, 3.63) is 33.4 Å². The van der Waals surface area contributed by atoms with Crippen LogP contribution in [-0.4, -0.2) is 36.2 Å². The number of sulfonamides is 1. The summed E-state index contributed by atoms with van der Waals surface area (Å²) in [4.78, 5) is 11.3. The maximum Gasteiger partial charge on any atom is 0.421 e. The smallest absolute Gasteiger partial charge is 0.421 e. The first-order valence-electron chi connectivity index (χ1n) is 6.49. The Bertz CT molecular complexity index is 590. The highest BCUT2D eigenvalue weighted by Crippen LogP contribution is 2.19. The van der Waals surface area contributed by atoms with Gasteiger partial charge in [0.1, 0.15) is 0 Å². The van der Waals surface area contributed by atoms with Crippen LogP contribution in [0.4, 0.5) is 4.79 Å². The first kappa shape index (κ1) is 18.2. The molecule has 1 amide bonds. The third kappa shape index (κ3) is 6.21. The van der Waals surface area contributed by atoms with E-state index in [-0.39, 0.29) is 12.3 Å². The highest BCUT2D eigenvalue weighted by Gasteiger charge is 2.31. The van der Waals surface area contributed by atoms with Gasteiger partial charge in [-0.25, -0.2) is 17.5 Å². The predicted molar refractivity (Wildman–Crippen MR) is 90.8 cm³/mol. The van der Waals surface area contributed by atoms with E-state index in [0.717, 1.165) is 9.13 Å². The number of hydrogen-bond donors (Lipinski definition) is 1. The van der Waals surface area contributed by atoms with Gasteiger partial charge in [-0.05, 0) is 52.1 Å². The van der Waals surface area contributed by atoms with E-state index < -0.39 is 21.5 Å². The first-order valence-corrected chi connectivity index (χ1v) is 9.18. The molecule has 118 valence electrons.